The molecular weight excluding hydrogens is 131 g/mol. The monoisotopic (exact) mass is 144 g/mol. The van der Waals surface area contributed by atoms with Gasteiger partial charge in [-0.3, -0.25) is 0 Å². The Balaban J connectivity index is 2.99. The molecule has 0 spiro atoms. The highest BCUT2D eigenvalue weighted by molar-refractivity contribution is 6.15. The van der Waals surface area contributed by atoms with Gasteiger partial charge in [-0.15, -0.1) is 0 Å². The van der Waals surface area contributed by atoms with Gasteiger partial charge in [0, 0.05) is 0 Å². The SMILES string of the molecule is [B]C(C)(C)c1ccc(C)cc1. The number of hydrogen-bond donors (Lipinski definition) is 0. The van der Waals surface area contributed by atoms with Crippen LogP contribution in [0, 0.1) is 6.92 Å². The zero-order chi connectivity index (χ0) is 8.48. The molecule has 0 fully saturated rings. The van der Waals surface area contributed by atoms with Crippen molar-refractivity contribution in [3.63, 3.8) is 0 Å². The summed E-state index contributed by atoms with van der Waals surface area (Å²) in [5.41, 5.74) is 2.46. The number of benzene rings is 1. The molecule has 0 aliphatic carbocycles. The summed E-state index contributed by atoms with van der Waals surface area (Å²) in [4.78, 5) is 0. The largest absolute Gasteiger partial charge is 0.0802 e. The Labute approximate surface area is 70.0 Å². The second-order valence-electron chi connectivity index (χ2n) is 3.59. The van der Waals surface area contributed by atoms with Gasteiger partial charge in [0.15, 0.2) is 0 Å². The molecule has 0 aliphatic heterocycles. The van der Waals surface area contributed by atoms with E-state index in [1.807, 2.05) is 13.8 Å². The number of aryl methyl sites for hydroxylation is 1. The molecule has 0 amide bonds. The van der Waals surface area contributed by atoms with Crippen molar-refractivity contribution < 1.29 is 0 Å². The average Bonchev–Trinajstić information content (AvgIpc) is 1.86. The molecule has 1 heteroatoms. The average molecular weight is 144 g/mol. The fourth-order valence-corrected chi connectivity index (χ4v) is 0.983. The minimum absolute atomic E-state index is 0.215. The maximum Gasteiger partial charge on any atom is 0.0802 e. The lowest BCUT2D eigenvalue weighted by molar-refractivity contribution is 0.764. The van der Waals surface area contributed by atoms with Crippen molar-refractivity contribution in [2.75, 3.05) is 0 Å². The summed E-state index contributed by atoms with van der Waals surface area (Å²) >= 11 is 0. The first-order valence-corrected chi connectivity index (χ1v) is 3.86. The quantitative estimate of drug-likeness (QED) is 0.531. The first kappa shape index (κ1) is 8.38. The summed E-state index contributed by atoms with van der Waals surface area (Å²) in [6.07, 6.45) is 0. The molecule has 0 atom stereocenters. The van der Waals surface area contributed by atoms with Gasteiger partial charge >= 0.3 is 0 Å². The molecule has 0 N–H and O–H groups in total. The van der Waals surface area contributed by atoms with E-state index in [4.69, 9.17) is 7.85 Å². The van der Waals surface area contributed by atoms with Crippen LogP contribution in [0.2, 0.25) is 0 Å². The first-order chi connectivity index (χ1) is 5.00. The van der Waals surface area contributed by atoms with E-state index >= 15 is 0 Å². The van der Waals surface area contributed by atoms with Gasteiger partial charge in [0.2, 0.25) is 0 Å². The highest BCUT2D eigenvalue weighted by Crippen LogP contribution is 2.18. The van der Waals surface area contributed by atoms with Gasteiger partial charge in [0.1, 0.15) is 0 Å². The Morgan fingerprint density at radius 2 is 1.55 bits per heavy atom. The lowest BCUT2D eigenvalue weighted by Gasteiger charge is -2.19. The molecule has 0 saturated heterocycles. The van der Waals surface area contributed by atoms with Crippen molar-refractivity contribution in [3.8, 4) is 0 Å². The van der Waals surface area contributed by atoms with E-state index < -0.39 is 0 Å². The van der Waals surface area contributed by atoms with Crippen molar-refractivity contribution in [3.05, 3.63) is 35.4 Å². The third-order valence-electron chi connectivity index (χ3n) is 1.80. The predicted molar refractivity (Wildman–Crippen MR) is 50.0 cm³/mol. The van der Waals surface area contributed by atoms with Gasteiger partial charge in [0.25, 0.3) is 0 Å². The molecule has 11 heavy (non-hydrogen) atoms. The second-order valence-corrected chi connectivity index (χ2v) is 3.59. The maximum absolute atomic E-state index is 5.91. The molecule has 0 unspecified atom stereocenters. The van der Waals surface area contributed by atoms with E-state index in [0.29, 0.717) is 0 Å². The van der Waals surface area contributed by atoms with Gasteiger partial charge in [-0.05, 0) is 12.2 Å². The zero-order valence-corrected chi connectivity index (χ0v) is 7.39. The van der Waals surface area contributed by atoms with E-state index in [0.717, 1.165) is 0 Å². The van der Waals surface area contributed by atoms with Crippen molar-refractivity contribution in [1.82, 2.24) is 0 Å². The summed E-state index contributed by atoms with van der Waals surface area (Å²) < 4.78 is 0. The van der Waals surface area contributed by atoms with Crippen molar-refractivity contribution in [2.45, 2.75) is 26.1 Å². The fraction of sp³-hybridized carbons (Fsp3) is 0.400. The van der Waals surface area contributed by atoms with Crippen LogP contribution in [0.15, 0.2) is 24.3 Å². The van der Waals surface area contributed by atoms with Gasteiger partial charge in [-0.25, -0.2) is 0 Å². The molecule has 0 bridgehead atoms. The van der Waals surface area contributed by atoms with E-state index in [1.165, 1.54) is 11.1 Å². The molecular formula is C10H13B. The normalized spacial score (nSPS) is 11.5. The molecule has 1 aromatic carbocycles. The van der Waals surface area contributed by atoms with Crippen LogP contribution in [0.5, 0.6) is 0 Å². The Hall–Kier alpha value is -0.715. The van der Waals surface area contributed by atoms with Gasteiger partial charge in [-0.1, -0.05) is 49.2 Å². The van der Waals surface area contributed by atoms with Crippen LogP contribution in [-0.2, 0) is 5.31 Å². The molecule has 0 heterocycles. The third-order valence-corrected chi connectivity index (χ3v) is 1.80. The third kappa shape index (κ3) is 2.11. The summed E-state index contributed by atoms with van der Waals surface area (Å²) in [5.74, 6) is 0. The summed E-state index contributed by atoms with van der Waals surface area (Å²) in [6, 6.07) is 8.33. The highest BCUT2D eigenvalue weighted by Gasteiger charge is 2.11. The van der Waals surface area contributed by atoms with Crippen LogP contribution < -0.4 is 0 Å². The Morgan fingerprint density at radius 1 is 1.09 bits per heavy atom. The maximum atomic E-state index is 5.91. The second kappa shape index (κ2) is 2.73. The Bertz CT molecular complexity index is 228. The summed E-state index contributed by atoms with van der Waals surface area (Å²) in [5, 5.41) is -0.215. The number of rotatable bonds is 1. The predicted octanol–water partition coefficient (Wildman–Crippen LogP) is 2.40. The molecule has 1 rings (SSSR count). The van der Waals surface area contributed by atoms with Crippen LogP contribution >= 0.6 is 0 Å². The topological polar surface area (TPSA) is 0 Å². The molecule has 1 aromatic rings. The van der Waals surface area contributed by atoms with E-state index in [2.05, 4.69) is 31.2 Å². The summed E-state index contributed by atoms with van der Waals surface area (Å²) in [7, 11) is 5.91. The highest BCUT2D eigenvalue weighted by atomic mass is 14.1. The van der Waals surface area contributed by atoms with Crippen LogP contribution in [0.3, 0.4) is 0 Å². The van der Waals surface area contributed by atoms with Gasteiger partial charge in [-0.2, -0.15) is 0 Å². The number of hydrogen-bond acceptors (Lipinski definition) is 0. The van der Waals surface area contributed by atoms with Crippen molar-refractivity contribution in [1.29, 1.82) is 0 Å². The minimum Gasteiger partial charge on any atom is -0.0639 e. The van der Waals surface area contributed by atoms with Gasteiger partial charge in [0.05, 0.1) is 7.85 Å². The first-order valence-electron chi connectivity index (χ1n) is 3.86. The molecule has 56 valence electrons. The van der Waals surface area contributed by atoms with Crippen LogP contribution in [0.4, 0.5) is 0 Å². The van der Waals surface area contributed by atoms with Crippen LogP contribution in [-0.4, -0.2) is 7.85 Å². The fourth-order valence-electron chi connectivity index (χ4n) is 0.983. The van der Waals surface area contributed by atoms with Crippen molar-refractivity contribution >= 4 is 7.85 Å². The van der Waals surface area contributed by atoms with E-state index in [-0.39, 0.29) is 5.31 Å². The molecule has 2 radical (unpaired) electrons. The Kier molecular flexibility index (Phi) is 2.08. The zero-order valence-electron chi connectivity index (χ0n) is 7.39. The van der Waals surface area contributed by atoms with Crippen LogP contribution in [0.25, 0.3) is 0 Å². The summed E-state index contributed by atoms with van der Waals surface area (Å²) in [6.45, 7) is 6.10. The lowest BCUT2D eigenvalue weighted by Crippen LogP contribution is -2.16. The minimum atomic E-state index is -0.215. The smallest absolute Gasteiger partial charge is 0.0639 e. The lowest BCUT2D eigenvalue weighted by atomic mass is 9.67. The molecule has 0 nitrogen and oxygen atoms in total. The van der Waals surface area contributed by atoms with Crippen molar-refractivity contribution in [2.24, 2.45) is 0 Å². The van der Waals surface area contributed by atoms with E-state index in [1.54, 1.807) is 0 Å². The molecule has 0 aliphatic rings. The van der Waals surface area contributed by atoms with Gasteiger partial charge < -0.3 is 0 Å². The molecule has 0 saturated carbocycles. The van der Waals surface area contributed by atoms with E-state index in [9.17, 15) is 0 Å². The van der Waals surface area contributed by atoms with Crippen LogP contribution in [0.1, 0.15) is 25.0 Å². The Morgan fingerprint density at radius 3 is 1.91 bits per heavy atom. The molecule has 0 aromatic heterocycles. The standard InChI is InChI=1S/C10H13B/c1-8-4-6-9(7-5-8)10(2,3)11/h4-7H,1-3H3.